The van der Waals surface area contributed by atoms with E-state index in [1.165, 1.54) is 180 Å². The molecule has 0 spiro atoms. The van der Waals surface area contributed by atoms with Gasteiger partial charge in [0.2, 0.25) is 0 Å². The third-order valence-electron chi connectivity index (χ3n) is 13.2. The summed E-state index contributed by atoms with van der Waals surface area (Å²) in [6, 6.07) is 0. The normalized spacial score (nSPS) is 12.4. The molecule has 0 amide bonds. The van der Waals surface area contributed by atoms with Gasteiger partial charge in [0.05, 0.1) is 0 Å². The van der Waals surface area contributed by atoms with Crippen molar-refractivity contribution in [1.29, 1.82) is 0 Å². The van der Waals surface area contributed by atoms with E-state index in [1.54, 1.807) is 0 Å². The number of rotatable bonds is 55. The van der Waals surface area contributed by atoms with Crippen LogP contribution in [0.3, 0.4) is 0 Å². The van der Waals surface area contributed by atoms with E-state index in [9.17, 15) is 14.4 Å². The van der Waals surface area contributed by atoms with Gasteiger partial charge in [0.1, 0.15) is 13.2 Å². The van der Waals surface area contributed by atoms with Crippen LogP contribution in [0.5, 0.6) is 0 Å². The maximum absolute atomic E-state index is 12.9. The molecule has 0 bridgehead atoms. The van der Waals surface area contributed by atoms with Gasteiger partial charge in [-0.1, -0.05) is 242 Å². The average molecular weight is 980 g/mol. The molecule has 0 N–H and O–H groups in total. The fraction of sp³-hybridized carbons (Fsp3) is 0.797. The lowest BCUT2D eigenvalue weighted by Crippen LogP contribution is -2.30. The molecular formula is C64H114O6. The summed E-state index contributed by atoms with van der Waals surface area (Å²) in [5, 5.41) is 0. The Kier molecular flexibility index (Phi) is 56.3. The first-order chi connectivity index (χ1) is 34.5. The Balaban J connectivity index is 4.39. The van der Waals surface area contributed by atoms with Crippen molar-refractivity contribution in [2.24, 2.45) is 0 Å². The lowest BCUT2D eigenvalue weighted by molar-refractivity contribution is -0.167. The Morgan fingerprint density at radius 1 is 0.286 bits per heavy atom. The van der Waals surface area contributed by atoms with Crippen LogP contribution in [-0.4, -0.2) is 37.2 Å². The van der Waals surface area contributed by atoms with E-state index in [4.69, 9.17) is 14.2 Å². The number of hydrogen-bond acceptors (Lipinski definition) is 6. The Hall–Kier alpha value is -2.89. The topological polar surface area (TPSA) is 78.9 Å². The van der Waals surface area contributed by atoms with Crippen LogP contribution in [0, 0.1) is 0 Å². The molecular weight excluding hydrogens is 865 g/mol. The second-order valence-corrected chi connectivity index (χ2v) is 20.2. The fourth-order valence-corrected chi connectivity index (χ4v) is 8.62. The van der Waals surface area contributed by atoms with Gasteiger partial charge in [-0.25, -0.2) is 0 Å². The lowest BCUT2D eigenvalue weighted by atomic mass is 10.1. The molecule has 0 aromatic carbocycles. The second kappa shape index (κ2) is 58.7. The van der Waals surface area contributed by atoms with Crippen LogP contribution in [0.2, 0.25) is 0 Å². The summed E-state index contributed by atoms with van der Waals surface area (Å²) in [6.07, 6.45) is 73.5. The van der Waals surface area contributed by atoms with Crippen molar-refractivity contribution < 1.29 is 28.6 Å². The van der Waals surface area contributed by atoms with Gasteiger partial charge in [0.25, 0.3) is 0 Å². The van der Waals surface area contributed by atoms with Gasteiger partial charge in [-0.05, 0) is 109 Å². The van der Waals surface area contributed by atoms with E-state index < -0.39 is 6.10 Å². The van der Waals surface area contributed by atoms with Crippen molar-refractivity contribution in [1.82, 2.24) is 0 Å². The predicted octanol–water partition coefficient (Wildman–Crippen LogP) is 20.4. The summed E-state index contributed by atoms with van der Waals surface area (Å²) in [5.41, 5.74) is 0. The molecule has 0 aromatic heterocycles. The van der Waals surface area contributed by atoms with Crippen LogP contribution in [0.4, 0.5) is 0 Å². The van der Waals surface area contributed by atoms with Gasteiger partial charge in [0, 0.05) is 19.3 Å². The van der Waals surface area contributed by atoms with Gasteiger partial charge >= 0.3 is 17.9 Å². The van der Waals surface area contributed by atoms with Crippen LogP contribution in [0.15, 0.2) is 60.8 Å². The van der Waals surface area contributed by atoms with Crippen LogP contribution < -0.4 is 0 Å². The molecule has 0 heterocycles. The van der Waals surface area contributed by atoms with Crippen molar-refractivity contribution in [3.8, 4) is 0 Å². The number of ether oxygens (including phenoxy) is 3. The molecule has 0 radical (unpaired) electrons. The summed E-state index contributed by atoms with van der Waals surface area (Å²) in [5.74, 6) is -0.893. The Morgan fingerprint density at radius 3 is 0.843 bits per heavy atom. The lowest BCUT2D eigenvalue weighted by Gasteiger charge is -2.18. The van der Waals surface area contributed by atoms with E-state index in [0.29, 0.717) is 19.3 Å². The SMILES string of the molecule is CCCCC/C=C\C/C=C\CCCCCCCCCC(=O)OC(COC(=O)CCCCCCC/C=C\C/C=C\CCCCCC)COC(=O)CCCCCCCCCCC/C=C\CCCCCCCC. The standard InChI is InChI=1S/C64H114O6/c1-4-7-10-13-16-19-22-25-28-31-32-34-36-39-42-45-48-51-54-57-63(66)69-60-61(59-68-62(65)56-53-50-47-44-41-38-35-30-27-24-21-18-15-12-9-6-3)70-64(67)58-55-52-49-46-43-40-37-33-29-26-23-20-17-14-11-8-5-2/h17,20-21,24-26,28-30,35,61H,4-16,18-19,22-23,27,31-34,36-60H2,1-3H3/b20-17-,24-21-,28-25-,29-26-,35-30-. The third kappa shape index (κ3) is 56.0. The number of allylic oxidation sites excluding steroid dienone is 10. The highest BCUT2D eigenvalue weighted by Gasteiger charge is 2.19. The number of hydrogen-bond donors (Lipinski definition) is 0. The van der Waals surface area contributed by atoms with Crippen molar-refractivity contribution in [3.63, 3.8) is 0 Å². The number of esters is 3. The summed E-state index contributed by atoms with van der Waals surface area (Å²) in [7, 11) is 0. The van der Waals surface area contributed by atoms with E-state index in [0.717, 1.165) is 89.9 Å². The highest BCUT2D eigenvalue weighted by molar-refractivity contribution is 5.71. The van der Waals surface area contributed by atoms with E-state index in [-0.39, 0.29) is 31.1 Å². The molecule has 1 unspecified atom stereocenters. The molecule has 0 aromatic rings. The Bertz CT molecular complexity index is 1260. The summed E-state index contributed by atoms with van der Waals surface area (Å²) in [6.45, 7) is 6.61. The monoisotopic (exact) mass is 979 g/mol. The molecule has 0 fully saturated rings. The molecule has 0 aliphatic heterocycles. The van der Waals surface area contributed by atoms with Crippen LogP contribution in [-0.2, 0) is 28.6 Å². The predicted molar refractivity (Wildman–Crippen MR) is 302 cm³/mol. The minimum Gasteiger partial charge on any atom is -0.462 e. The number of carbonyl (C=O) groups is 3. The van der Waals surface area contributed by atoms with E-state index in [1.807, 2.05) is 0 Å². The molecule has 0 saturated heterocycles. The first-order valence-corrected chi connectivity index (χ1v) is 30.3. The molecule has 406 valence electrons. The third-order valence-corrected chi connectivity index (χ3v) is 13.2. The largest absolute Gasteiger partial charge is 0.462 e. The Morgan fingerprint density at radius 2 is 0.514 bits per heavy atom. The van der Waals surface area contributed by atoms with Crippen molar-refractivity contribution >= 4 is 17.9 Å². The molecule has 6 nitrogen and oxygen atoms in total. The zero-order chi connectivity index (χ0) is 50.7. The summed E-state index contributed by atoms with van der Waals surface area (Å²) < 4.78 is 16.9. The fourth-order valence-electron chi connectivity index (χ4n) is 8.62. The van der Waals surface area contributed by atoms with Crippen LogP contribution in [0.1, 0.15) is 310 Å². The molecule has 6 heteroatoms. The van der Waals surface area contributed by atoms with E-state index in [2.05, 4.69) is 81.5 Å². The molecule has 0 aliphatic carbocycles. The zero-order valence-corrected chi connectivity index (χ0v) is 46.5. The minimum atomic E-state index is -0.785. The van der Waals surface area contributed by atoms with Gasteiger partial charge in [0.15, 0.2) is 6.10 Å². The van der Waals surface area contributed by atoms with E-state index >= 15 is 0 Å². The highest BCUT2D eigenvalue weighted by Crippen LogP contribution is 2.16. The quantitative estimate of drug-likeness (QED) is 0.0261. The summed E-state index contributed by atoms with van der Waals surface area (Å²) >= 11 is 0. The second-order valence-electron chi connectivity index (χ2n) is 20.2. The molecule has 0 saturated carbocycles. The maximum atomic E-state index is 12.9. The van der Waals surface area contributed by atoms with Gasteiger partial charge in [-0.2, -0.15) is 0 Å². The highest BCUT2D eigenvalue weighted by atomic mass is 16.6. The number of unbranched alkanes of at least 4 members (excludes halogenated alkanes) is 34. The first-order valence-electron chi connectivity index (χ1n) is 30.3. The smallest absolute Gasteiger partial charge is 0.306 e. The molecule has 70 heavy (non-hydrogen) atoms. The average Bonchev–Trinajstić information content (AvgIpc) is 3.36. The van der Waals surface area contributed by atoms with Crippen molar-refractivity contribution in [3.05, 3.63) is 60.8 Å². The first kappa shape index (κ1) is 67.1. The van der Waals surface area contributed by atoms with Gasteiger partial charge < -0.3 is 14.2 Å². The van der Waals surface area contributed by atoms with Gasteiger partial charge in [-0.3, -0.25) is 14.4 Å². The van der Waals surface area contributed by atoms with Gasteiger partial charge in [-0.15, -0.1) is 0 Å². The van der Waals surface area contributed by atoms with Crippen molar-refractivity contribution in [2.45, 2.75) is 316 Å². The number of carbonyl (C=O) groups excluding carboxylic acids is 3. The zero-order valence-electron chi connectivity index (χ0n) is 46.5. The maximum Gasteiger partial charge on any atom is 0.306 e. The molecule has 0 aliphatic rings. The van der Waals surface area contributed by atoms with Crippen molar-refractivity contribution in [2.75, 3.05) is 13.2 Å². The molecule has 1 atom stereocenters. The summed E-state index contributed by atoms with van der Waals surface area (Å²) in [4.78, 5) is 38.2. The minimum absolute atomic E-state index is 0.0819. The van der Waals surface area contributed by atoms with Crippen LogP contribution in [0.25, 0.3) is 0 Å². The Labute approximate surface area is 434 Å². The van der Waals surface area contributed by atoms with Crippen LogP contribution >= 0.6 is 0 Å². The molecule has 0 rings (SSSR count).